The number of rotatable bonds is 2. The molecule has 0 aliphatic carbocycles. The largest absolute Gasteiger partial charge is 0.416 e. The molecule has 0 aromatic carbocycles. The van der Waals surface area contributed by atoms with Crippen LogP contribution in [0.4, 0.5) is 19.0 Å². The maximum Gasteiger partial charge on any atom is 0.416 e. The van der Waals surface area contributed by atoms with Crippen LogP contribution in [-0.4, -0.2) is 12.0 Å². The van der Waals surface area contributed by atoms with E-state index in [9.17, 15) is 13.2 Å². The highest BCUT2D eigenvalue weighted by atomic mass is 19.4. The highest BCUT2D eigenvalue weighted by Gasteiger charge is 2.31. The average Bonchev–Trinajstić information content (AvgIpc) is 2.02. The van der Waals surface area contributed by atoms with E-state index in [-0.39, 0.29) is 5.82 Å². The van der Waals surface area contributed by atoms with Gasteiger partial charge in [-0.2, -0.15) is 13.2 Å². The molecule has 0 fully saturated rings. The molecule has 2 N–H and O–H groups in total. The van der Waals surface area contributed by atoms with Crippen LogP contribution in [0.3, 0.4) is 0 Å². The van der Waals surface area contributed by atoms with Crippen LogP contribution in [0.1, 0.15) is 11.3 Å². The van der Waals surface area contributed by atoms with Gasteiger partial charge in [0.2, 0.25) is 0 Å². The maximum absolute atomic E-state index is 12.3. The molecule has 0 bridgehead atoms. The molecule has 14 heavy (non-hydrogen) atoms. The summed E-state index contributed by atoms with van der Waals surface area (Å²) in [6.07, 6.45) is -4.34. The summed E-state index contributed by atoms with van der Waals surface area (Å²) < 4.78 is 36.9. The number of nitrogens with zero attached hydrogens (tertiary/aromatic N) is 1. The summed E-state index contributed by atoms with van der Waals surface area (Å²) in [7, 11) is 1.55. The predicted molar refractivity (Wildman–Crippen MR) is 46.7 cm³/mol. The molecule has 1 rings (SSSR count). The Labute approximate surface area is 79.3 Å². The van der Waals surface area contributed by atoms with Gasteiger partial charge in [-0.05, 0) is 19.1 Å². The monoisotopic (exact) mass is 205 g/mol. The molecule has 0 radical (unpaired) electrons. The zero-order chi connectivity index (χ0) is 10.8. The van der Waals surface area contributed by atoms with E-state index < -0.39 is 11.7 Å². The van der Waals surface area contributed by atoms with Crippen LogP contribution in [0.2, 0.25) is 0 Å². The zero-order valence-electron chi connectivity index (χ0n) is 7.74. The summed E-state index contributed by atoms with van der Waals surface area (Å²) >= 11 is 0. The van der Waals surface area contributed by atoms with Crippen molar-refractivity contribution < 1.29 is 13.2 Å². The number of hydrazine groups is 1. The number of pyridine rings is 1. The second-order valence-corrected chi connectivity index (χ2v) is 2.76. The molecular formula is C8H10F3N3. The molecular weight excluding hydrogens is 195 g/mol. The van der Waals surface area contributed by atoms with Gasteiger partial charge < -0.3 is 5.43 Å². The first kappa shape index (κ1) is 10.8. The fourth-order valence-corrected chi connectivity index (χ4v) is 1.02. The number of alkyl halides is 3. The number of hydrogen-bond acceptors (Lipinski definition) is 3. The first-order chi connectivity index (χ1) is 6.43. The van der Waals surface area contributed by atoms with Gasteiger partial charge in [0.25, 0.3) is 0 Å². The van der Waals surface area contributed by atoms with Gasteiger partial charge in [-0.1, -0.05) is 0 Å². The number of hydrogen-bond donors (Lipinski definition) is 2. The van der Waals surface area contributed by atoms with Gasteiger partial charge in [0.15, 0.2) is 0 Å². The van der Waals surface area contributed by atoms with Crippen LogP contribution in [0, 0.1) is 6.92 Å². The number of anilines is 1. The Hall–Kier alpha value is -1.30. The van der Waals surface area contributed by atoms with E-state index >= 15 is 0 Å². The maximum atomic E-state index is 12.3. The Morgan fingerprint density at radius 2 is 1.93 bits per heavy atom. The van der Waals surface area contributed by atoms with Gasteiger partial charge in [0.05, 0.1) is 5.56 Å². The Kier molecular flexibility index (Phi) is 2.95. The van der Waals surface area contributed by atoms with Crippen LogP contribution in [-0.2, 0) is 6.18 Å². The highest BCUT2D eigenvalue weighted by Crippen LogP contribution is 2.30. The molecule has 78 valence electrons. The molecule has 0 spiro atoms. The van der Waals surface area contributed by atoms with Gasteiger partial charge in [-0.15, -0.1) is 0 Å². The van der Waals surface area contributed by atoms with Crippen molar-refractivity contribution in [1.82, 2.24) is 10.4 Å². The first-order valence-corrected chi connectivity index (χ1v) is 3.92. The summed E-state index contributed by atoms with van der Waals surface area (Å²) in [5.41, 5.74) is 4.62. The molecule has 6 heteroatoms. The molecule has 0 atom stereocenters. The van der Waals surface area contributed by atoms with Crippen molar-refractivity contribution >= 4 is 5.82 Å². The molecule has 3 nitrogen and oxygen atoms in total. The predicted octanol–water partition coefficient (Wildman–Crippen LogP) is 1.96. The van der Waals surface area contributed by atoms with Crippen molar-refractivity contribution in [3.63, 3.8) is 0 Å². The van der Waals surface area contributed by atoms with Gasteiger partial charge >= 0.3 is 6.18 Å². The van der Waals surface area contributed by atoms with E-state index in [2.05, 4.69) is 15.8 Å². The molecule has 0 saturated heterocycles. The molecule has 1 heterocycles. The number of aryl methyl sites for hydroxylation is 1. The van der Waals surface area contributed by atoms with Crippen molar-refractivity contribution in [3.05, 3.63) is 23.4 Å². The zero-order valence-corrected chi connectivity index (χ0v) is 7.74. The number of halogens is 3. The van der Waals surface area contributed by atoms with E-state index in [4.69, 9.17) is 0 Å². The van der Waals surface area contributed by atoms with Crippen LogP contribution in [0.25, 0.3) is 0 Å². The second kappa shape index (κ2) is 3.83. The van der Waals surface area contributed by atoms with Crippen LogP contribution >= 0.6 is 0 Å². The fourth-order valence-electron chi connectivity index (χ4n) is 1.02. The lowest BCUT2D eigenvalue weighted by Crippen LogP contribution is -2.17. The van der Waals surface area contributed by atoms with Gasteiger partial charge in [-0.3, -0.25) is 0 Å². The van der Waals surface area contributed by atoms with E-state index in [1.54, 1.807) is 7.05 Å². The average molecular weight is 205 g/mol. The summed E-state index contributed by atoms with van der Waals surface area (Å²) in [6.45, 7) is 1.51. The van der Waals surface area contributed by atoms with Crippen molar-refractivity contribution in [2.24, 2.45) is 0 Å². The number of nitrogens with one attached hydrogen (secondary N) is 2. The SMILES string of the molecule is CNNc1cc(C(F)(F)F)cc(C)n1. The molecule has 0 saturated carbocycles. The van der Waals surface area contributed by atoms with Gasteiger partial charge in [0, 0.05) is 12.7 Å². The molecule has 0 aliphatic rings. The fraction of sp³-hybridized carbons (Fsp3) is 0.375. The van der Waals surface area contributed by atoms with Crippen molar-refractivity contribution in [1.29, 1.82) is 0 Å². The van der Waals surface area contributed by atoms with Crippen molar-refractivity contribution in [2.75, 3.05) is 12.5 Å². The molecule has 1 aromatic rings. The third-order valence-electron chi connectivity index (χ3n) is 1.53. The minimum absolute atomic E-state index is 0.153. The summed E-state index contributed by atoms with van der Waals surface area (Å²) in [4.78, 5) is 3.86. The highest BCUT2D eigenvalue weighted by molar-refractivity contribution is 5.39. The standard InChI is InChI=1S/C8H10F3N3/c1-5-3-6(8(9,10)11)4-7(13-5)14-12-2/h3-4,12H,1-2H3,(H,13,14). The van der Waals surface area contributed by atoms with Gasteiger partial charge in [-0.25, -0.2) is 10.4 Å². The Morgan fingerprint density at radius 1 is 1.29 bits per heavy atom. The lowest BCUT2D eigenvalue weighted by atomic mass is 10.2. The van der Waals surface area contributed by atoms with Gasteiger partial charge in [0.1, 0.15) is 5.82 Å². The lowest BCUT2D eigenvalue weighted by molar-refractivity contribution is -0.137. The summed E-state index contributed by atoms with van der Waals surface area (Å²) in [5.74, 6) is 0.153. The quantitative estimate of drug-likeness (QED) is 0.724. The summed E-state index contributed by atoms with van der Waals surface area (Å²) in [6, 6.07) is 1.95. The molecule has 0 aliphatic heterocycles. The Balaban J connectivity index is 3.07. The number of aromatic nitrogens is 1. The van der Waals surface area contributed by atoms with E-state index in [1.807, 2.05) is 0 Å². The minimum Gasteiger partial charge on any atom is -0.306 e. The Morgan fingerprint density at radius 3 is 2.43 bits per heavy atom. The van der Waals surface area contributed by atoms with Crippen LogP contribution in [0.15, 0.2) is 12.1 Å². The third-order valence-corrected chi connectivity index (χ3v) is 1.53. The normalized spacial score (nSPS) is 11.5. The summed E-state index contributed by atoms with van der Waals surface area (Å²) in [5, 5.41) is 0. The Bertz CT molecular complexity index is 322. The van der Waals surface area contributed by atoms with E-state index in [0.717, 1.165) is 12.1 Å². The smallest absolute Gasteiger partial charge is 0.306 e. The molecule has 1 aromatic heterocycles. The van der Waals surface area contributed by atoms with E-state index in [1.165, 1.54) is 6.92 Å². The van der Waals surface area contributed by atoms with Crippen molar-refractivity contribution in [3.8, 4) is 0 Å². The first-order valence-electron chi connectivity index (χ1n) is 3.92. The topological polar surface area (TPSA) is 37.0 Å². The molecule has 0 unspecified atom stereocenters. The lowest BCUT2D eigenvalue weighted by Gasteiger charge is -2.10. The third kappa shape index (κ3) is 2.59. The van der Waals surface area contributed by atoms with Crippen LogP contribution < -0.4 is 10.9 Å². The van der Waals surface area contributed by atoms with Crippen LogP contribution in [0.5, 0.6) is 0 Å². The second-order valence-electron chi connectivity index (χ2n) is 2.76. The molecule has 0 amide bonds. The minimum atomic E-state index is -4.34. The van der Waals surface area contributed by atoms with Crippen molar-refractivity contribution in [2.45, 2.75) is 13.1 Å². The van der Waals surface area contributed by atoms with E-state index in [0.29, 0.717) is 5.69 Å².